The minimum Gasteiger partial charge on any atom is -0.462 e. The van der Waals surface area contributed by atoms with Crippen molar-refractivity contribution in [2.75, 3.05) is 18.6 Å². The van der Waals surface area contributed by atoms with Crippen LogP contribution in [0.2, 0.25) is 0 Å². The van der Waals surface area contributed by atoms with E-state index < -0.39 is 37.1 Å². The SMILES string of the molecule is CCOC(=O)c1cnn(-c2nc(NN)c3ncn([C@@H]4O[C@H](CO)[C@@H](O)[C@H]4O)c3n2)c1. The highest BCUT2D eigenvalue weighted by atomic mass is 16.6. The predicted octanol–water partition coefficient (Wildman–Crippen LogP) is -1.91. The van der Waals surface area contributed by atoms with Crippen molar-refractivity contribution in [2.24, 2.45) is 5.84 Å². The number of imidazole rings is 1. The van der Waals surface area contributed by atoms with Gasteiger partial charge in [0.15, 0.2) is 23.2 Å². The molecule has 3 aromatic rings. The van der Waals surface area contributed by atoms with Crippen molar-refractivity contribution in [2.45, 2.75) is 31.5 Å². The molecule has 1 saturated heterocycles. The maximum absolute atomic E-state index is 11.9. The maximum Gasteiger partial charge on any atom is 0.341 e. The number of hydrazine groups is 1. The third-order valence-electron chi connectivity index (χ3n) is 4.64. The van der Waals surface area contributed by atoms with E-state index >= 15 is 0 Å². The van der Waals surface area contributed by atoms with E-state index in [0.29, 0.717) is 0 Å². The van der Waals surface area contributed by atoms with Crippen molar-refractivity contribution in [1.82, 2.24) is 29.3 Å². The Morgan fingerprint density at radius 3 is 2.83 bits per heavy atom. The molecule has 30 heavy (non-hydrogen) atoms. The van der Waals surface area contributed by atoms with Gasteiger partial charge in [0.1, 0.15) is 18.3 Å². The minimum atomic E-state index is -1.33. The van der Waals surface area contributed by atoms with Gasteiger partial charge in [-0.25, -0.2) is 20.3 Å². The zero-order chi connectivity index (χ0) is 21.4. The third kappa shape index (κ3) is 3.25. The first kappa shape index (κ1) is 20.1. The van der Waals surface area contributed by atoms with E-state index in [1.807, 2.05) is 0 Å². The lowest BCUT2D eigenvalue weighted by molar-refractivity contribution is -0.0511. The molecule has 0 saturated carbocycles. The summed E-state index contributed by atoms with van der Waals surface area (Å²) >= 11 is 0. The van der Waals surface area contributed by atoms with Crippen LogP contribution in [-0.2, 0) is 9.47 Å². The Balaban J connectivity index is 1.77. The van der Waals surface area contributed by atoms with Crippen molar-refractivity contribution in [3.8, 4) is 5.95 Å². The summed E-state index contributed by atoms with van der Waals surface area (Å²) in [5.41, 5.74) is 3.12. The van der Waals surface area contributed by atoms with Crippen LogP contribution in [0.3, 0.4) is 0 Å². The molecule has 1 aliphatic rings. The van der Waals surface area contributed by atoms with Crippen LogP contribution in [0.4, 0.5) is 5.82 Å². The molecule has 0 unspecified atom stereocenters. The number of hydrogen-bond acceptors (Lipinski definition) is 12. The number of aliphatic hydroxyl groups is 3. The summed E-state index contributed by atoms with van der Waals surface area (Å²) in [6.45, 7) is 1.44. The van der Waals surface area contributed by atoms with E-state index in [-0.39, 0.29) is 35.1 Å². The summed E-state index contributed by atoms with van der Waals surface area (Å²) in [7, 11) is 0. The standard InChI is InChI=1S/C16H20N8O6/c1-2-29-15(28)7-3-19-24(4-7)16-20-12(22-17)9-13(21-16)23(6-18-9)14-11(27)10(26)8(5-25)30-14/h3-4,6,8,10-11,14,25-27H,2,5,17H2,1H3,(H,20,21,22)/t8-,10-,11-,14-/m1/s1. The number of fused-ring (bicyclic) bond motifs is 1. The average Bonchev–Trinajstić information content (AvgIpc) is 3.46. The monoisotopic (exact) mass is 420 g/mol. The van der Waals surface area contributed by atoms with Gasteiger partial charge in [0.2, 0.25) is 0 Å². The molecule has 160 valence electrons. The fraction of sp³-hybridized carbons (Fsp3) is 0.438. The molecule has 0 aromatic carbocycles. The van der Waals surface area contributed by atoms with Crippen molar-refractivity contribution in [1.29, 1.82) is 0 Å². The number of nitrogens with two attached hydrogens (primary N) is 1. The number of ether oxygens (including phenoxy) is 2. The van der Waals surface area contributed by atoms with E-state index in [1.165, 1.54) is 28.0 Å². The predicted molar refractivity (Wildman–Crippen MR) is 99.2 cm³/mol. The Labute approximate surface area is 168 Å². The van der Waals surface area contributed by atoms with E-state index in [9.17, 15) is 20.1 Å². The first-order valence-corrected chi connectivity index (χ1v) is 9.04. The molecular weight excluding hydrogens is 400 g/mol. The number of nitrogens with one attached hydrogen (secondary N) is 1. The fourth-order valence-corrected chi connectivity index (χ4v) is 3.16. The Hall–Kier alpha value is -3.17. The zero-order valence-corrected chi connectivity index (χ0v) is 15.8. The molecule has 14 heteroatoms. The van der Waals surface area contributed by atoms with Gasteiger partial charge >= 0.3 is 5.97 Å². The van der Waals surface area contributed by atoms with Crippen molar-refractivity contribution in [3.63, 3.8) is 0 Å². The van der Waals surface area contributed by atoms with E-state index in [4.69, 9.17) is 15.3 Å². The number of rotatable bonds is 6. The number of carbonyl (C=O) groups excluding carboxylic acids is 1. The topological polar surface area (TPSA) is 196 Å². The van der Waals surface area contributed by atoms with Crippen molar-refractivity contribution in [3.05, 3.63) is 24.3 Å². The Kier molecular flexibility index (Phi) is 5.31. The minimum absolute atomic E-state index is 0.0551. The van der Waals surface area contributed by atoms with E-state index in [1.54, 1.807) is 6.92 Å². The summed E-state index contributed by atoms with van der Waals surface area (Å²) in [5.74, 6) is 5.24. The molecule has 1 aliphatic heterocycles. The largest absolute Gasteiger partial charge is 0.462 e. The first-order chi connectivity index (χ1) is 14.5. The number of aromatic nitrogens is 6. The van der Waals surface area contributed by atoms with Crippen molar-refractivity contribution >= 4 is 23.0 Å². The fourth-order valence-electron chi connectivity index (χ4n) is 3.16. The van der Waals surface area contributed by atoms with Crippen LogP contribution in [0.25, 0.3) is 17.1 Å². The summed E-state index contributed by atoms with van der Waals surface area (Å²) in [4.78, 5) is 24.7. The van der Waals surface area contributed by atoms with Crippen LogP contribution in [0.15, 0.2) is 18.7 Å². The van der Waals surface area contributed by atoms with Crippen LogP contribution in [-0.4, -0.2) is 82.1 Å². The lowest BCUT2D eigenvalue weighted by atomic mass is 10.1. The zero-order valence-electron chi connectivity index (χ0n) is 15.8. The number of carbonyl (C=O) groups is 1. The van der Waals surface area contributed by atoms with Gasteiger partial charge in [0.05, 0.1) is 31.3 Å². The summed E-state index contributed by atoms with van der Waals surface area (Å²) < 4.78 is 13.1. The average molecular weight is 420 g/mol. The lowest BCUT2D eigenvalue weighted by Gasteiger charge is -2.16. The molecule has 0 spiro atoms. The number of esters is 1. The molecule has 6 N–H and O–H groups in total. The number of nitrogens with zero attached hydrogens (tertiary/aromatic N) is 6. The molecule has 0 bridgehead atoms. The lowest BCUT2D eigenvalue weighted by Crippen LogP contribution is -2.33. The molecule has 0 amide bonds. The van der Waals surface area contributed by atoms with Crippen LogP contribution in [0.5, 0.6) is 0 Å². The van der Waals surface area contributed by atoms with Gasteiger partial charge in [-0.15, -0.1) is 0 Å². The quantitative estimate of drug-likeness (QED) is 0.169. The molecule has 1 fully saturated rings. The van der Waals surface area contributed by atoms with E-state index in [0.717, 1.165) is 0 Å². The number of anilines is 1. The van der Waals surface area contributed by atoms with Gasteiger partial charge in [-0.2, -0.15) is 15.1 Å². The molecule has 3 aromatic heterocycles. The van der Waals surface area contributed by atoms with Crippen molar-refractivity contribution < 1.29 is 29.6 Å². The van der Waals surface area contributed by atoms with Gasteiger partial charge in [-0.3, -0.25) is 4.57 Å². The number of aliphatic hydroxyl groups excluding tert-OH is 3. The van der Waals surface area contributed by atoms with Gasteiger partial charge < -0.3 is 30.2 Å². The highest BCUT2D eigenvalue weighted by Crippen LogP contribution is 2.32. The second kappa shape index (κ2) is 7.92. The second-order valence-corrected chi connectivity index (χ2v) is 6.46. The highest BCUT2D eigenvalue weighted by molar-refractivity contribution is 5.89. The molecule has 4 rings (SSSR count). The Bertz CT molecular complexity index is 1070. The molecular formula is C16H20N8O6. The van der Waals surface area contributed by atoms with Gasteiger partial charge in [-0.1, -0.05) is 0 Å². The second-order valence-electron chi connectivity index (χ2n) is 6.46. The molecule has 0 aliphatic carbocycles. The van der Waals surface area contributed by atoms with Gasteiger partial charge in [0, 0.05) is 6.20 Å². The summed E-state index contributed by atoms with van der Waals surface area (Å²) in [5, 5.41) is 33.8. The van der Waals surface area contributed by atoms with E-state index in [2.05, 4.69) is 25.5 Å². The molecule has 0 radical (unpaired) electrons. The molecule has 4 heterocycles. The molecule has 4 atom stereocenters. The first-order valence-electron chi connectivity index (χ1n) is 9.04. The van der Waals surface area contributed by atoms with Crippen LogP contribution in [0.1, 0.15) is 23.5 Å². The molecule has 14 nitrogen and oxygen atoms in total. The normalized spacial score (nSPS) is 23.8. The highest BCUT2D eigenvalue weighted by Gasteiger charge is 2.44. The van der Waals surface area contributed by atoms with Gasteiger partial charge in [0.25, 0.3) is 5.95 Å². The van der Waals surface area contributed by atoms with Crippen LogP contribution >= 0.6 is 0 Å². The Morgan fingerprint density at radius 2 is 2.17 bits per heavy atom. The summed E-state index contributed by atoms with van der Waals surface area (Å²) in [6.07, 6.45) is -0.581. The third-order valence-corrected chi connectivity index (χ3v) is 4.64. The van der Waals surface area contributed by atoms with Gasteiger partial charge in [-0.05, 0) is 6.92 Å². The maximum atomic E-state index is 11.9. The number of nitrogen functional groups attached to an aromatic ring is 1. The summed E-state index contributed by atoms with van der Waals surface area (Å²) in [6, 6.07) is 0. The smallest absolute Gasteiger partial charge is 0.341 e. The van der Waals surface area contributed by atoms with Crippen LogP contribution < -0.4 is 11.3 Å². The number of hydrogen-bond donors (Lipinski definition) is 5. The van der Waals surface area contributed by atoms with Crippen LogP contribution in [0, 0.1) is 0 Å². The Morgan fingerprint density at radius 1 is 1.37 bits per heavy atom.